The van der Waals surface area contributed by atoms with Gasteiger partial charge in [-0.05, 0) is 89.8 Å². The van der Waals surface area contributed by atoms with E-state index in [1.807, 2.05) is 56.3 Å². The molecule has 3 rings (SSSR count). The topological polar surface area (TPSA) is 134 Å². The molecule has 3 N–H and O–H groups in total. The van der Waals surface area contributed by atoms with Crippen LogP contribution < -0.4 is 10.6 Å². The number of aromatic hydroxyl groups is 1. The van der Waals surface area contributed by atoms with Crippen molar-refractivity contribution < 1.29 is 33.8 Å². The van der Waals surface area contributed by atoms with Gasteiger partial charge in [0.1, 0.15) is 35.1 Å². The maximum atomic E-state index is 14.4. The van der Waals surface area contributed by atoms with Crippen LogP contribution >= 0.6 is 0 Å². The van der Waals surface area contributed by atoms with E-state index >= 15 is 0 Å². The molecule has 0 aromatic heterocycles. The first-order valence-corrected chi connectivity index (χ1v) is 16.0. The molecule has 0 spiro atoms. The number of phenols is 1. The predicted molar refractivity (Wildman–Crippen MR) is 184 cm³/mol. The predicted octanol–water partition coefficient (Wildman–Crippen LogP) is 5.71. The van der Waals surface area contributed by atoms with Gasteiger partial charge in [-0.1, -0.05) is 66.2 Å². The lowest BCUT2D eigenvalue weighted by Gasteiger charge is -2.33. The molecule has 0 heterocycles. The van der Waals surface area contributed by atoms with E-state index in [0.717, 1.165) is 16.7 Å². The van der Waals surface area contributed by atoms with Crippen LogP contribution in [0.15, 0.2) is 72.8 Å². The largest absolute Gasteiger partial charge is 0.508 e. The molecule has 10 nitrogen and oxygen atoms in total. The molecule has 0 saturated carbocycles. The Morgan fingerprint density at radius 1 is 0.750 bits per heavy atom. The smallest absolute Gasteiger partial charge is 0.408 e. The standard InChI is InChI=1S/C38H49N3O7/c1-24-15-20-29(25(2)21-24)32(33(43)39-31(35(45)47-37(3,4)5)23-26-13-11-10-12-14-26)41(9)34(44)30(40-36(46)48-38(6,7)8)22-27-16-18-28(42)19-17-27/h10-21,30-32,42H,22-23H2,1-9H3,(H,39,43)(H,40,46). The zero-order valence-corrected chi connectivity index (χ0v) is 29.4. The normalized spacial score (nSPS) is 13.4. The van der Waals surface area contributed by atoms with Gasteiger partial charge in [-0.2, -0.15) is 0 Å². The zero-order valence-electron chi connectivity index (χ0n) is 29.4. The van der Waals surface area contributed by atoms with Gasteiger partial charge in [-0.25, -0.2) is 9.59 Å². The highest BCUT2D eigenvalue weighted by atomic mass is 16.6. The number of benzene rings is 3. The molecule has 10 heteroatoms. The second kappa shape index (κ2) is 15.8. The van der Waals surface area contributed by atoms with E-state index in [-0.39, 0.29) is 18.6 Å². The molecule has 0 radical (unpaired) electrons. The number of amides is 3. The van der Waals surface area contributed by atoms with Crippen LogP contribution in [0.4, 0.5) is 4.79 Å². The quantitative estimate of drug-likeness (QED) is 0.225. The molecule has 48 heavy (non-hydrogen) atoms. The fraction of sp³-hybridized carbons (Fsp3) is 0.421. The first-order chi connectivity index (χ1) is 22.3. The van der Waals surface area contributed by atoms with Crippen LogP contribution in [0.25, 0.3) is 0 Å². The van der Waals surface area contributed by atoms with E-state index in [4.69, 9.17) is 9.47 Å². The van der Waals surface area contributed by atoms with Gasteiger partial charge in [0.15, 0.2) is 0 Å². The Hall–Kier alpha value is -4.86. The minimum absolute atomic E-state index is 0.0540. The van der Waals surface area contributed by atoms with Gasteiger partial charge in [0.2, 0.25) is 11.8 Å². The summed E-state index contributed by atoms with van der Waals surface area (Å²) in [6.45, 7) is 14.2. The van der Waals surface area contributed by atoms with Crippen molar-refractivity contribution in [2.75, 3.05) is 7.05 Å². The van der Waals surface area contributed by atoms with Crippen molar-refractivity contribution in [3.05, 3.63) is 101 Å². The average molecular weight is 660 g/mol. The number of nitrogens with zero attached hydrogens (tertiary/aromatic N) is 1. The number of carbonyl (C=O) groups excluding carboxylic acids is 4. The lowest BCUT2D eigenvalue weighted by atomic mass is 9.95. The van der Waals surface area contributed by atoms with Crippen LogP contribution in [-0.4, -0.2) is 64.2 Å². The minimum Gasteiger partial charge on any atom is -0.508 e. The molecule has 0 saturated heterocycles. The van der Waals surface area contributed by atoms with Gasteiger partial charge in [0.25, 0.3) is 0 Å². The maximum absolute atomic E-state index is 14.4. The van der Waals surface area contributed by atoms with Gasteiger partial charge >= 0.3 is 12.1 Å². The third kappa shape index (κ3) is 11.4. The molecular weight excluding hydrogens is 610 g/mol. The SMILES string of the molecule is Cc1ccc(C(C(=O)NC(Cc2ccccc2)C(=O)OC(C)(C)C)N(C)C(=O)C(Cc2ccc(O)cc2)NC(=O)OC(C)(C)C)c(C)c1. The second-order valence-corrected chi connectivity index (χ2v) is 14.1. The van der Waals surface area contributed by atoms with Crippen LogP contribution in [0.2, 0.25) is 0 Å². The number of ether oxygens (including phenoxy) is 2. The molecule has 258 valence electrons. The molecule has 3 amide bonds. The number of nitrogens with one attached hydrogen (secondary N) is 2. The van der Waals surface area contributed by atoms with Crippen LogP contribution in [0, 0.1) is 13.8 Å². The molecule has 3 unspecified atom stereocenters. The van der Waals surface area contributed by atoms with Crippen molar-refractivity contribution in [3.8, 4) is 5.75 Å². The number of rotatable bonds is 11. The number of carbonyl (C=O) groups is 4. The number of hydrogen-bond donors (Lipinski definition) is 3. The zero-order chi connectivity index (χ0) is 35.8. The molecule has 0 aliphatic heterocycles. The fourth-order valence-corrected chi connectivity index (χ4v) is 5.22. The number of likely N-dealkylation sites (N-methyl/N-ethyl adjacent to an activating group) is 1. The highest BCUT2D eigenvalue weighted by Crippen LogP contribution is 2.27. The number of hydrogen-bond acceptors (Lipinski definition) is 7. The highest BCUT2D eigenvalue weighted by Gasteiger charge is 2.37. The first-order valence-electron chi connectivity index (χ1n) is 16.0. The van der Waals surface area contributed by atoms with Crippen molar-refractivity contribution in [1.29, 1.82) is 0 Å². The van der Waals surface area contributed by atoms with Gasteiger partial charge in [0.05, 0.1) is 0 Å². The Balaban J connectivity index is 2.04. The lowest BCUT2D eigenvalue weighted by Crippen LogP contribution is -2.54. The summed E-state index contributed by atoms with van der Waals surface area (Å²) in [7, 11) is 1.49. The summed E-state index contributed by atoms with van der Waals surface area (Å²) >= 11 is 0. The van der Waals surface area contributed by atoms with Gasteiger partial charge in [0, 0.05) is 19.9 Å². The molecule has 3 aromatic carbocycles. The van der Waals surface area contributed by atoms with Crippen molar-refractivity contribution in [2.45, 2.75) is 97.6 Å². The monoisotopic (exact) mass is 659 g/mol. The molecule has 0 aliphatic carbocycles. The summed E-state index contributed by atoms with van der Waals surface area (Å²) in [6.07, 6.45) is -0.575. The Labute approximate surface area is 283 Å². The van der Waals surface area contributed by atoms with E-state index in [0.29, 0.717) is 11.1 Å². The van der Waals surface area contributed by atoms with E-state index in [1.165, 1.54) is 24.1 Å². The van der Waals surface area contributed by atoms with Crippen LogP contribution in [-0.2, 0) is 36.7 Å². The summed E-state index contributed by atoms with van der Waals surface area (Å²) in [6, 6.07) is 17.7. The maximum Gasteiger partial charge on any atom is 0.408 e. The van der Waals surface area contributed by atoms with E-state index in [1.54, 1.807) is 59.7 Å². The number of alkyl carbamates (subject to hydrolysis) is 1. The van der Waals surface area contributed by atoms with Crippen molar-refractivity contribution in [2.24, 2.45) is 0 Å². The number of phenolic OH excluding ortho intramolecular Hbond substituents is 1. The summed E-state index contributed by atoms with van der Waals surface area (Å²) in [5.41, 5.74) is 2.15. The molecule has 0 bridgehead atoms. The Bertz CT molecular complexity index is 1570. The van der Waals surface area contributed by atoms with E-state index in [2.05, 4.69) is 10.6 Å². The van der Waals surface area contributed by atoms with Gasteiger partial charge in [-0.15, -0.1) is 0 Å². The van der Waals surface area contributed by atoms with Crippen molar-refractivity contribution in [3.63, 3.8) is 0 Å². The average Bonchev–Trinajstić information content (AvgIpc) is 2.97. The first kappa shape index (κ1) is 37.6. The molecule has 0 aliphatic rings. The molecule has 0 fully saturated rings. The van der Waals surface area contributed by atoms with Crippen LogP contribution in [0.3, 0.4) is 0 Å². The van der Waals surface area contributed by atoms with E-state index in [9.17, 15) is 24.3 Å². The second-order valence-electron chi connectivity index (χ2n) is 14.1. The van der Waals surface area contributed by atoms with Crippen LogP contribution in [0.5, 0.6) is 5.75 Å². The third-order valence-electron chi connectivity index (χ3n) is 7.36. The number of aryl methyl sites for hydroxylation is 2. The van der Waals surface area contributed by atoms with Gasteiger partial charge in [-0.3, -0.25) is 9.59 Å². The summed E-state index contributed by atoms with van der Waals surface area (Å²) in [5.74, 6) is -1.71. The lowest BCUT2D eigenvalue weighted by molar-refractivity contribution is -0.159. The van der Waals surface area contributed by atoms with Crippen molar-refractivity contribution in [1.82, 2.24) is 15.5 Å². The number of esters is 1. The Kier molecular flexibility index (Phi) is 12.4. The Morgan fingerprint density at radius 3 is 1.88 bits per heavy atom. The summed E-state index contributed by atoms with van der Waals surface area (Å²) in [5, 5.41) is 15.4. The van der Waals surface area contributed by atoms with Crippen molar-refractivity contribution >= 4 is 23.9 Å². The molecule has 3 atom stereocenters. The molecular formula is C38H49N3O7. The third-order valence-corrected chi connectivity index (χ3v) is 7.36. The fourth-order valence-electron chi connectivity index (χ4n) is 5.22. The van der Waals surface area contributed by atoms with E-state index < -0.39 is 53.2 Å². The van der Waals surface area contributed by atoms with Crippen LogP contribution in [0.1, 0.15) is 75.4 Å². The minimum atomic E-state index is -1.18. The molecule has 3 aromatic rings. The highest BCUT2D eigenvalue weighted by molar-refractivity contribution is 5.94. The van der Waals surface area contributed by atoms with Gasteiger partial charge < -0.3 is 30.1 Å². The Morgan fingerprint density at radius 2 is 1.31 bits per heavy atom. The summed E-state index contributed by atoms with van der Waals surface area (Å²) < 4.78 is 11.2. The summed E-state index contributed by atoms with van der Waals surface area (Å²) in [4.78, 5) is 56.4.